The van der Waals surface area contributed by atoms with Gasteiger partial charge in [-0.2, -0.15) is 0 Å². The van der Waals surface area contributed by atoms with Crippen molar-refractivity contribution in [1.82, 2.24) is 20.3 Å². The fraction of sp³-hybridized carbons (Fsp3) is 0.207. The number of anilines is 2. The summed E-state index contributed by atoms with van der Waals surface area (Å²) in [5.41, 5.74) is 2.95. The lowest BCUT2D eigenvalue weighted by Crippen LogP contribution is -2.28. The molecule has 37 heavy (non-hydrogen) atoms. The zero-order valence-corrected chi connectivity index (χ0v) is 21.9. The number of nitrogens with one attached hydrogen (secondary N) is 2. The highest BCUT2D eigenvalue weighted by molar-refractivity contribution is 7.99. The summed E-state index contributed by atoms with van der Waals surface area (Å²) < 4.78 is 6.55. The zero-order chi connectivity index (χ0) is 24.9. The molecule has 0 aliphatic carbocycles. The molecular weight excluding hydrogens is 498 g/mol. The number of ether oxygens (including phenoxy) is 1. The molecule has 1 aliphatic heterocycles. The van der Waals surface area contributed by atoms with Crippen LogP contribution in [0.1, 0.15) is 12.8 Å². The molecule has 0 unspecified atom stereocenters. The van der Waals surface area contributed by atoms with E-state index in [1.54, 1.807) is 17.5 Å². The molecule has 186 valence electrons. The molecule has 0 atom stereocenters. The van der Waals surface area contributed by atoms with Crippen molar-refractivity contribution in [1.29, 1.82) is 0 Å². The van der Waals surface area contributed by atoms with Crippen LogP contribution in [0.2, 0.25) is 0 Å². The molecule has 0 bridgehead atoms. The van der Waals surface area contributed by atoms with Crippen LogP contribution in [0, 0.1) is 5.92 Å². The topological polar surface area (TPSA) is 72.0 Å². The van der Waals surface area contributed by atoms with Gasteiger partial charge in [-0.15, -0.1) is 23.1 Å². The number of aromatic nitrogens is 3. The van der Waals surface area contributed by atoms with E-state index in [-0.39, 0.29) is 0 Å². The minimum atomic E-state index is 0.699. The highest BCUT2D eigenvalue weighted by Crippen LogP contribution is 2.38. The lowest BCUT2D eigenvalue weighted by atomic mass is 10.0. The highest BCUT2D eigenvalue weighted by Gasteiger charge is 2.17. The van der Waals surface area contributed by atoms with Crippen molar-refractivity contribution >= 4 is 45.0 Å². The van der Waals surface area contributed by atoms with Gasteiger partial charge in [0, 0.05) is 40.5 Å². The molecule has 8 heteroatoms. The highest BCUT2D eigenvalue weighted by atomic mass is 32.2. The molecule has 2 aromatic carbocycles. The van der Waals surface area contributed by atoms with Crippen molar-refractivity contribution in [3.63, 3.8) is 0 Å². The van der Waals surface area contributed by atoms with E-state index in [2.05, 4.69) is 33.1 Å². The second-order valence-electron chi connectivity index (χ2n) is 8.98. The van der Waals surface area contributed by atoms with Crippen molar-refractivity contribution in [2.75, 3.05) is 24.2 Å². The van der Waals surface area contributed by atoms with E-state index in [1.165, 1.54) is 12.8 Å². The Bertz CT molecular complexity index is 1480. The fourth-order valence-corrected chi connectivity index (χ4v) is 6.25. The summed E-state index contributed by atoms with van der Waals surface area (Å²) in [4.78, 5) is 15.0. The third-order valence-corrected chi connectivity index (χ3v) is 8.41. The molecule has 6 nitrogen and oxygen atoms in total. The number of pyridine rings is 2. The Hall–Kier alpha value is -3.46. The van der Waals surface area contributed by atoms with Gasteiger partial charge < -0.3 is 15.4 Å². The average Bonchev–Trinajstić information content (AvgIpc) is 3.42. The summed E-state index contributed by atoms with van der Waals surface area (Å²) in [6.45, 7) is 2.19. The summed E-state index contributed by atoms with van der Waals surface area (Å²) in [6, 6.07) is 22.1. The zero-order valence-electron chi connectivity index (χ0n) is 20.3. The number of rotatable bonds is 8. The van der Waals surface area contributed by atoms with Gasteiger partial charge in [0.15, 0.2) is 5.13 Å². The summed E-state index contributed by atoms with van der Waals surface area (Å²) in [5.74, 6) is 4.02. The van der Waals surface area contributed by atoms with Gasteiger partial charge in [-0.25, -0.2) is 9.97 Å². The number of thiazole rings is 1. The molecule has 3 aromatic heterocycles. The predicted octanol–water partition coefficient (Wildman–Crippen LogP) is 7.38. The first-order valence-electron chi connectivity index (χ1n) is 12.4. The molecule has 0 spiro atoms. The first-order chi connectivity index (χ1) is 18.3. The van der Waals surface area contributed by atoms with Gasteiger partial charge >= 0.3 is 0 Å². The molecule has 5 aromatic rings. The number of fused-ring (bicyclic) bond motifs is 1. The maximum Gasteiger partial charge on any atom is 0.188 e. The number of piperidine rings is 1. The Morgan fingerprint density at radius 3 is 2.76 bits per heavy atom. The van der Waals surface area contributed by atoms with Crippen molar-refractivity contribution in [2.45, 2.75) is 17.7 Å². The molecule has 0 radical (unpaired) electrons. The van der Waals surface area contributed by atoms with E-state index in [0.29, 0.717) is 11.7 Å². The molecule has 1 saturated heterocycles. The van der Waals surface area contributed by atoms with E-state index in [1.807, 2.05) is 72.6 Å². The van der Waals surface area contributed by atoms with E-state index in [9.17, 15) is 0 Å². The van der Waals surface area contributed by atoms with Crippen LogP contribution in [0.5, 0.6) is 11.5 Å². The molecule has 1 fully saturated rings. The van der Waals surface area contributed by atoms with Crippen LogP contribution in [0.4, 0.5) is 10.9 Å². The smallest absolute Gasteiger partial charge is 0.188 e. The van der Waals surface area contributed by atoms with Crippen molar-refractivity contribution in [2.24, 2.45) is 5.92 Å². The van der Waals surface area contributed by atoms with E-state index in [4.69, 9.17) is 14.7 Å². The number of hydrogen-bond acceptors (Lipinski definition) is 8. The first kappa shape index (κ1) is 23.9. The molecule has 0 saturated carbocycles. The summed E-state index contributed by atoms with van der Waals surface area (Å²) in [5, 5.41) is 10.7. The predicted molar refractivity (Wildman–Crippen MR) is 153 cm³/mol. The third-order valence-electron chi connectivity index (χ3n) is 6.40. The van der Waals surface area contributed by atoms with E-state index in [0.717, 1.165) is 62.5 Å². The Balaban J connectivity index is 1.27. The second kappa shape index (κ2) is 11.3. The average molecular weight is 526 g/mol. The molecule has 2 N–H and O–H groups in total. The molecule has 0 amide bonds. The Morgan fingerprint density at radius 2 is 1.86 bits per heavy atom. The summed E-state index contributed by atoms with van der Waals surface area (Å²) in [7, 11) is 0. The summed E-state index contributed by atoms with van der Waals surface area (Å²) >= 11 is 3.38. The number of hydrogen-bond donors (Lipinski definition) is 2. The van der Waals surface area contributed by atoms with Crippen LogP contribution in [-0.4, -0.2) is 33.8 Å². The van der Waals surface area contributed by atoms with Gasteiger partial charge in [0.1, 0.15) is 17.3 Å². The largest absolute Gasteiger partial charge is 0.455 e. The van der Waals surface area contributed by atoms with Crippen molar-refractivity contribution < 1.29 is 4.74 Å². The summed E-state index contributed by atoms with van der Waals surface area (Å²) in [6.07, 6.45) is 6.13. The molecule has 6 rings (SSSR count). The Morgan fingerprint density at radius 1 is 0.973 bits per heavy atom. The Kier molecular flexibility index (Phi) is 7.30. The Labute approximate surface area is 224 Å². The number of nitrogens with zero attached hydrogens (tertiary/aromatic N) is 3. The van der Waals surface area contributed by atoms with Crippen LogP contribution in [0.25, 0.3) is 22.2 Å². The monoisotopic (exact) mass is 525 g/mol. The van der Waals surface area contributed by atoms with Crippen molar-refractivity contribution in [3.8, 4) is 22.8 Å². The maximum atomic E-state index is 6.55. The van der Waals surface area contributed by atoms with Gasteiger partial charge in [0.05, 0.1) is 16.1 Å². The van der Waals surface area contributed by atoms with E-state index >= 15 is 0 Å². The SMILES string of the molecule is c1ccc(-c2csc(Nc3cc(Oc4cccc5ncccc45)c(SCC4CCNCC4)cn3)n2)cc1. The second-order valence-corrected chi connectivity index (χ2v) is 10.9. The van der Waals surface area contributed by atoms with Gasteiger partial charge in [-0.1, -0.05) is 36.4 Å². The lowest BCUT2D eigenvalue weighted by Gasteiger charge is -2.22. The normalized spacial score (nSPS) is 14.1. The first-order valence-corrected chi connectivity index (χ1v) is 14.3. The van der Waals surface area contributed by atoms with Crippen LogP contribution >= 0.6 is 23.1 Å². The van der Waals surface area contributed by atoms with Crippen molar-refractivity contribution in [3.05, 3.63) is 84.5 Å². The third kappa shape index (κ3) is 5.77. The fourth-order valence-electron chi connectivity index (χ4n) is 4.40. The van der Waals surface area contributed by atoms with Crippen LogP contribution in [-0.2, 0) is 0 Å². The van der Waals surface area contributed by atoms with Crippen LogP contribution < -0.4 is 15.4 Å². The standard InChI is InChI=1S/C29H27N5OS2/c1-2-6-21(7-3-1)24-19-37-29(33-24)34-28-16-26(27(17-32-28)36-18-20-11-14-30-15-12-20)35-25-10-4-9-23-22(25)8-5-13-31-23/h1-10,13,16-17,19-20,30H,11-12,14-15,18H2,(H,32,33,34). The maximum absolute atomic E-state index is 6.55. The van der Waals surface area contributed by atoms with E-state index < -0.39 is 0 Å². The molecule has 1 aliphatic rings. The number of thioether (sulfide) groups is 1. The van der Waals surface area contributed by atoms with Gasteiger partial charge in [0.2, 0.25) is 0 Å². The lowest BCUT2D eigenvalue weighted by molar-refractivity contribution is 0.407. The minimum absolute atomic E-state index is 0.699. The molecule has 4 heterocycles. The minimum Gasteiger partial charge on any atom is -0.455 e. The molecular formula is C29H27N5OS2. The van der Waals surface area contributed by atoms with Gasteiger partial charge in [0.25, 0.3) is 0 Å². The quantitative estimate of drug-likeness (QED) is 0.205. The van der Waals surface area contributed by atoms with Crippen LogP contribution in [0.3, 0.4) is 0 Å². The van der Waals surface area contributed by atoms with Gasteiger partial charge in [-0.05, 0) is 56.1 Å². The number of benzene rings is 2. The van der Waals surface area contributed by atoms with Gasteiger partial charge in [-0.3, -0.25) is 4.98 Å². The van der Waals surface area contributed by atoms with Crippen LogP contribution in [0.15, 0.2) is 89.4 Å².